The lowest BCUT2D eigenvalue weighted by atomic mass is 10.1. The van der Waals surface area contributed by atoms with E-state index in [-0.39, 0.29) is 11.0 Å². The van der Waals surface area contributed by atoms with Crippen molar-refractivity contribution in [3.63, 3.8) is 0 Å². The van der Waals surface area contributed by atoms with Crippen molar-refractivity contribution in [1.29, 1.82) is 0 Å². The first-order valence-corrected chi connectivity index (χ1v) is 9.79. The van der Waals surface area contributed by atoms with Crippen LogP contribution in [0.15, 0.2) is 29.4 Å². The van der Waals surface area contributed by atoms with Gasteiger partial charge in [0, 0.05) is 18.7 Å². The van der Waals surface area contributed by atoms with Crippen LogP contribution in [0.5, 0.6) is 0 Å². The van der Waals surface area contributed by atoms with E-state index in [0.717, 1.165) is 5.56 Å². The number of anilines is 2. The molecule has 0 amide bonds. The zero-order valence-electron chi connectivity index (χ0n) is 15.9. The minimum Gasteiger partial charge on any atom is -0.355 e. The monoisotopic (exact) mass is 385 g/mol. The fourth-order valence-electron chi connectivity index (χ4n) is 2.54. The molecule has 0 aliphatic rings. The number of thioether (sulfide) groups is 1. The summed E-state index contributed by atoms with van der Waals surface area (Å²) in [5.74, 6) is 1.58. The lowest BCUT2D eigenvalue weighted by molar-refractivity contribution is 0.0994. The number of Topliss-reactive ketones (excluding diaryl/α,β-unsaturated/α-hetero) is 1. The van der Waals surface area contributed by atoms with Gasteiger partial charge in [0.15, 0.2) is 10.9 Å². The maximum Gasteiger partial charge on any atom is 0.261 e. The van der Waals surface area contributed by atoms with Gasteiger partial charge in [-0.1, -0.05) is 41.6 Å². The van der Waals surface area contributed by atoms with Crippen LogP contribution < -0.4 is 10.6 Å². The fraction of sp³-hybridized carbons (Fsp3) is 0.389. The van der Waals surface area contributed by atoms with Gasteiger partial charge in [-0.2, -0.15) is 9.97 Å². The molecule has 0 radical (unpaired) electrons. The Labute approximate surface area is 162 Å². The van der Waals surface area contributed by atoms with Crippen LogP contribution in [0.1, 0.15) is 36.7 Å². The molecule has 2 aromatic heterocycles. The third-order valence-corrected chi connectivity index (χ3v) is 4.95. The summed E-state index contributed by atoms with van der Waals surface area (Å²) in [6.45, 7) is 9.23. The zero-order valence-corrected chi connectivity index (χ0v) is 16.7. The van der Waals surface area contributed by atoms with Crippen molar-refractivity contribution >= 4 is 35.2 Å². The number of nitrogens with one attached hydrogen (secondary N) is 2. The van der Waals surface area contributed by atoms with Crippen LogP contribution in [0, 0.1) is 6.92 Å². The van der Waals surface area contributed by atoms with Crippen LogP contribution in [-0.2, 0) is 0 Å². The lowest BCUT2D eigenvalue weighted by Crippen LogP contribution is -2.15. The second kappa shape index (κ2) is 8.34. The highest BCUT2D eigenvalue weighted by atomic mass is 32.2. The lowest BCUT2D eigenvalue weighted by Gasteiger charge is -2.12. The van der Waals surface area contributed by atoms with Crippen molar-refractivity contribution in [3.8, 4) is 0 Å². The molecule has 0 saturated carbocycles. The molecule has 0 aliphatic heterocycles. The van der Waals surface area contributed by atoms with Crippen LogP contribution in [0.3, 0.4) is 0 Å². The number of hydrogen-bond acceptors (Lipinski definition) is 8. The Morgan fingerprint density at radius 1 is 1.11 bits per heavy atom. The summed E-state index contributed by atoms with van der Waals surface area (Å²) < 4.78 is 1.74. The van der Waals surface area contributed by atoms with Crippen molar-refractivity contribution in [2.45, 2.75) is 38.1 Å². The van der Waals surface area contributed by atoms with Gasteiger partial charge in [0.1, 0.15) is 0 Å². The molecule has 2 heterocycles. The minimum absolute atomic E-state index is 0.0481. The quantitative estimate of drug-likeness (QED) is 0.451. The van der Waals surface area contributed by atoms with Crippen molar-refractivity contribution in [2.75, 3.05) is 23.7 Å². The number of aromatic nitrogens is 5. The van der Waals surface area contributed by atoms with Gasteiger partial charge in [0.25, 0.3) is 5.78 Å². The molecule has 2 N–H and O–H groups in total. The number of rotatable bonds is 8. The fourth-order valence-corrected chi connectivity index (χ4v) is 3.47. The van der Waals surface area contributed by atoms with Crippen LogP contribution in [0.25, 0.3) is 5.78 Å². The number of ketones is 1. The Morgan fingerprint density at radius 3 is 2.48 bits per heavy atom. The van der Waals surface area contributed by atoms with Crippen molar-refractivity contribution < 1.29 is 4.79 Å². The number of carbonyl (C=O) groups is 1. The van der Waals surface area contributed by atoms with Gasteiger partial charge in [-0.05, 0) is 27.7 Å². The second-order valence-electron chi connectivity index (χ2n) is 6.04. The van der Waals surface area contributed by atoms with E-state index < -0.39 is 0 Å². The van der Waals surface area contributed by atoms with E-state index in [2.05, 4.69) is 30.8 Å². The Kier molecular flexibility index (Phi) is 5.90. The normalized spacial score (nSPS) is 12.1. The predicted octanol–water partition coefficient (Wildman–Crippen LogP) is 3.05. The first-order valence-electron chi connectivity index (χ1n) is 8.92. The molecule has 1 aromatic carbocycles. The molecule has 8 nitrogen and oxygen atoms in total. The number of aryl methyl sites for hydroxylation is 1. The maximum atomic E-state index is 12.7. The highest BCUT2D eigenvalue weighted by molar-refractivity contribution is 8.00. The summed E-state index contributed by atoms with van der Waals surface area (Å²) in [6, 6.07) is 7.59. The molecule has 142 valence electrons. The Morgan fingerprint density at radius 2 is 1.81 bits per heavy atom. The zero-order chi connectivity index (χ0) is 19.4. The highest BCUT2D eigenvalue weighted by Gasteiger charge is 2.21. The molecule has 0 aliphatic carbocycles. The molecule has 27 heavy (non-hydrogen) atoms. The van der Waals surface area contributed by atoms with E-state index in [1.54, 1.807) is 4.40 Å². The molecular weight excluding hydrogens is 362 g/mol. The molecule has 3 rings (SSSR count). The Balaban J connectivity index is 1.89. The highest BCUT2D eigenvalue weighted by Crippen LogP contribution is 2.26. The SMILES string of the molecule is CCNc1nc(NCC)n2c(S[C@H](C)C(=O)c3ccc(C)cc3)nnc2n1. The summed E-state index contributed by atoms with van der Waals surface area (Å²) in [4.78, 5) is 21.6. The molecule has 1 atom stereocenters. The van der Waals surface area contributed by atoms with Crippen LogP contribution >= 0.6 is 11.8 Å². The van der Waals surface area contributed by atoms with Crippen molar-refractivity contribution in [2.24, 2.45) is 0 Å². The first kappa shape index (κ1) is 19.1. The summed E-state index contributed by atoms with van der Waals surface area (Å²) in [5, 5.41) is 14.9. The van der Waals surface area contributed by atoms with E-state index in [1.165, 1.54) is 11.8 Å². The average molecular weight is 385 g/mol. The van der Waals surface area contributed by atoms with Gasteiger partial charge in [-0.25, -0.2) is 4.40 Å². The van der Waals surface area contributed by atoms with Crippen LogP contribution in [0.2, 0.25) is 0 Å². The van der Waals surface area contributed by atoms with Gasteiger partial charge >= 0.3 is 0 Å². The van der Waals surface area contributed by atoms with Gasteiger partial charge in [-0.3, -0.25) is 4.79 Å². The first-order chi connectivity index (χ1) is 13.0. The Hall–Kier alpha value is -2.68. The van der Waals surface area contributed by atoms with Gasteiger partial charge in [-0.15, -0.1) is 10.2 Å². The Bertz CT molecular complexity index is 939. The molecule has 0 bridgehead atoms. The molecule has 0 spiro atoms. The number of hydrogen-bond donors (Lipinski definition) is 2. The van der Waals surface area contributed by atoms with E-state index in [0.29, 0.717) is 41.5 Å². The van der Waals surface area contributed by atoms with E-state index in [9.17, 15) is 4.79 Å². The predicted molar refractivity (Wildman–Crippen MR) is 108 cm³/mol. The largest absolute Gasteiger partial charge is 0.355 e. The number of carbonyl (C=O) groups excluding carboxylic acids is 1. The van der Waals surface area contributed by atoms with Crippen LogP contribution in [0.4, 0.5) is 11.9 Å². The smallest absolute Gasteiger partial charge is 0.261 e. The van der Waals surface area contributed by atoms with Crippen molar-refractivity contribution in [3.05, 3.63) is 35.4 Å². The maximum absolute atomic E-state index is 12.7. The topological polar surface area (TPSA) is 97.1 Å². The molecular formula is C18H23N7OS. The van der Waals surface area contributed by atoms with E-state index in [1.807, 2.05) is 52.0 Å². The second-order valence-corrected chi connectivity index (χ2v) is 7.35. The number of fused-ring (bicyclic) bond motifs is 1. The van der Waals surface area contributed by atoms with Gasteiger partial charge in [0.2, 0.25) is 11.9 Å². The molecule has 0 unspecified atom stereocenters. The third kappa shape index (κ3) is 4.19. The molecule has 0 fully saturated rings. The summed E-state index contributed by atoms with van der Waals surface area (Å²) in [6.07, 6.45) is 0. The number of nitrogens with zero attached hydrogens (tertiary/aromatic N) is 5. The van der Waals surface area contributed by atoms with E-state index in [4.69, 9.17) is 0 Å². The minimum atomic E-state index is -0.317. The summed E-state index contributed by atoms with van der Waals surface area (Å²) in [7, 11) is 0. The van der Waals surface area contributed by atoms with Crippen molar-refractivity contribution in [1.82, 2.24) is 24.6 Å². The van der Waals surface area contributed by atoms with Gasteiger partial charge < -0.3 is 10.6 Å². The number of benzene rings is 1. The standard InChI is InChI=1S/C18H23N7OS/c1-5-19-15-21-16(20-6-2)25-17(22-15)23-24-18(25)27-12(4)14(26)13-9-7-11(3)8-10-13/h7-10,12H,5-6H2,1-4H3,(H2,19,20,21,22,23)/t12-/m1/s1. The average Bonchev–Trinajstić information content (AvgIpc) is 3.05. The summed E-state index contributed by atoms with van der Waals surface area (Å²) in [5.41, 5.74) is 1.81. The van der Waals surface area contributed by atoms with Gasteiger partial charge in [0.05, 0.1) is 5.25 Å². The molecule has 9 heteroatoms. The molecule has 0 saturated heterocycles. The van der Waals surface area contributed by atoms with Crippen LogP contribution in [-0.4, -0.2) is 48.7 Å². The van der Waals surface area contributed by atoms with E-state index >= 15 is 0 Å². The third-order valence-electron chi connectivity index (χ3n) is 3.90. The summed E-state index contributed by atoms with van der Waals surface area (Å²) >= 11 is 1.35. The molecule has 3 aromatic rings.